The molecule has 1 aromatic heterocycles. The standard InChI is InChI=1S/C24H26N4O/c1-15-2-4-16(5-3-15)19-13-28(22-17-8-10-27(11-9-17)23(19)22)24(29)18-6-7-20-21(12-18)26-14-25-20/h2-7,12,14,17,19,22-23H,8-11,13H2,1H3,(H,25,26)/t19-,22-,23-/m0/s1. The largest absolute Gasteiger partial charge is 0.345 e. The number of nitrogens with one attached hydrogen (secondary N) is 1. The summed E-state index contributed by atoms with van der Waals surface area (Å²) in [7, 11) is 0. The van der Waals surface area contributed by atoms with Gasteiger partial charge < -0.3 is 9.88 Å². The fraction of sp³-hybridized carbons (Fsp3) is 0.417. The molecule has 2 bridgehead atoms. The number of nitrogens with zero attached hydrogens (tertiary/aromatic N) is 3. The Morgan fingerprint density at radius 3 is 2.66 bits per heavy atom. The Hall–Kier alpha value is -2.66. The van der Waals surface area contributed by atoms with Crippen LogP contribution in [-0.4, -0.2) is 57.4 Å². The zero-order valence-corrected chi connectivity index (χ0v) is 16.7. The molecule has 148 valence electrons. The van der Waals surface area contributed by atoms with Gasteiger partial charge in [0.15, 0.2) is 0 Å². The summed E-state index contributed by atoms with van der Waals surface area (Å²) in [5, 5.41) is 0. The zero-order chi connectivity index (χ0) is 19.5. The van der Waals surface area contributed by atoms with E-state index in [1.165, 1.54) is 37.1 Å². The van der Waals surface area contributed by atoms with Gasteiger partial charge in [-0.1, -0.05) is 29.8 Å². The fourth-order valence-electron chi connectivity index (χ4n) is 6.00. The molecule has 4 aliphatic rings. The lowest BCUT2D eigenvalue weighted by Crippen LogP contribution is -2.60. The van der Waals surface area contributed by atoms with Crippen LogP contribution in [0.2, 0.25) is 0 Å². The lowest BCUT2D eigenvalue weighted by Gasteiger charge is -2.51. The van der Waals surface area contributed by atoms with E-state index >= 15 is 0 Å². The summed E-state index contributed by atoms with van der Waals surface area (Å²) in [5.74, 6) is 1.18. The van der Waals surface area contributed by atoms with Crippen molar-refractivity contribution in [2.75, 3.05) is 19.6 Å². The Kier molecular flexibility index (Phi) is 3.81. The first-order valence-electron chi connectivity index (χ1n) is 10.7. The van der Waals surface area contributed by atoms with Gasteiger partial charge >= 0.3 is 0 Å². The number of aryl methyl sites for hydroxylation is 1. The van der Waals surface area contributed by atoms with Gasteiger partial charge in [0.2, 0.25) is 0 Å². The monoisotopic (exact) mass is 386 g/mol. The zero-order valence-electron chi connectivity index (χ0n) is 16.7. The van der Waals surface area contributed by atoms with Gasteiger partial charge in [0.25, 0.3) is 5.91 Å². The van der Waals surface area contributed by atoms with Crippen LogP contribution in [0.15, 0.2) is 48.8 Å². The molecule has 4 aliphatic heterocycles. The van der Waals surface area contributed by atoms with E-state index in [0.29, 0.717) is 23.9 Å². The van der Waals surface area contributed by atoms with E-state index in [0.717, 1.165) is 23.1 Å². The first-order valence-corrected chi connectivity index (χ1v) is 10.7. The SMILES string of the molecule is Cc1ccc([C@@H]2CN(C(=O)c3ccc4nc[nH]c4c3)[C@H]3C4CCN(CC4)[C@@H]23)cc1. The third-order valence-corrected chi connectivity index (χ3v) is 7.43. The Labute approximate surface area is 170 Å². The van der Waals surface area contributed by atoms with Crippen molar-refractivity contribution in [3.8, 4) is 0 Å². The van der Waals surface area contributed by atoms with Gasteiger partial charge in [-0.3, -0.25) is 9.69 Å². The van der Waals surface area contributed by atoms with Gasteiger partial charge in [-0.25, -0.2) is 4.98 Å². The van der Waals surface area contributed by atoms with Crippen LogP contribution in [0.25, 0.3) is 11.0 Å². The molecule has 0 unspecified atom stereocenters. The molecule has 3 aromatic rings. The molecule has 4 saturated heterocycles. The van der Waals surface area contributed by atoms with Crippen molar-refractivity contribution in [2.24, 2.45) is 5.92 Å². The van der Waals surface area contributed by atoms with Crippen molar-refractivity contribution in [2.45, 2.75) is 37.8 Å². The average molecular weight is 386 g/mol. The second-order valence-electron chi connectivity index (χ2n) is 8.96. The summed E-state index contributed by atoms with van der Waals surface area (Å²) < 4.78 is 0. The number of aromatic amines is 1. The number of H-pyrrole nitrogens is 1. The van der Waals surface area contributed by atoms with E-state index in [1.807, 2.05) is 18.2 Å². The Morgan fingerprint density at radius 1 is 1.07 bits per heavy atom. The summed E-state index contributed by atoms with van der Waals surface area (Å²) in [6.45, 7) is 5.30. The highest BCUT2D eigenvalue weighted by molar-refractivity contribution is 5.97. The Morgan fingerprint density at radius 2 is 1.86 bits per heavy atom. The van der Waals surface area contributed by atoms with Crippen LogP contribution < -0.4 is 0 Å². The number of benzene rings is 2. The predicted molar refractivity (Wildman–Crippen MR) is 113 cm³/mol. The van der Waals surface area contributed by atoms with Gasteiger partial charge in [0.1, 0.15) is 0 Å². The van der Waals surface area contributed by atoms with E-state index in [9.17, 15) is 4.79 Å². The second-order valence-corrected chi connectivity index (χ2v) is 8.96. The highest BCUT2D eigenvalue weighted by Gasteiger charge is 2.54. The molecule has 29 heavy (non-hydrogen) atoms. The molecular formula is C24H26N4O. The maximum Gasteiger partial charge on any atom is 0.254 e. The molecule has 0 aliphatic carbocycles. The van der Waals surface area contributed by atoms with Gasteiger partial charge in [0.05, 0.1) is 23.4 Å². The van der Waals surface area contributed by atoms with E-state index in [1.54, 1.807) is 6.33 Å². The molecule has 1 N–H and O–H groups in total. The molecule has 4 fully saturated rings. The molecule has 5 heteroatoms. The molecule has 1 amide bonds. The van der Waals surface area contributed by atoms with Crippen LogP contribution in [0.4, 0.5) is 0 Å². The van der Waals surface area contributed by atoms with E-state index in [-0.39, 0.29) is 5.91 Å². The lowest BCUT2D eigenvalue weighted by molar-refractivity contribution is -0.00340. The third-order valence-electron chi connectivity index (χ3n) is 7.43. The Balaban J connectivity index is 1.38. The predicted octanol–water partition coefficient (Wildman–Crippen LogP) is 3.57. The summed E-state index contributed by atoms with van der Waals surface area (Å²) in [4.78, 5) is 25.9. The number of piperidine rings is 3. The summed E-state index contributed by atoms with van der Waals surface area (Å²) >= 11 is 0. The van der Waals surface area contributed by atoms with Gasteiger partial charge in [-0.15, -0.1) is 0 Å². The van der Waals surface area contributed by atoms with Crippen LogP contribution in [0, 0.1) is 12.8 Å². The molecule has 2 aromatic carbocycles. The van der Waals surface area contributed by atoms with Gasteiger partial charge in [-0.2, -0.15) is 0 Å². The Bertz CT molecular complexity index is 1060. The minimum atomic E-state index is 0.167. The van der Waals surface area contributed by atoms with Crippen LogP contribution >= 0.6 is 0 Å². The average Bonchev–Trinajstić information content (AvgIpc) is 3.40. The normalized spacial score (nSPS) is 30.7. The summed E-state index contributed by atoms with van der Waals surface area (Å²) in [6.07, 6.45) is 4.11. The number of hydrogen-bond donors (Lipinski definition) is 1. The number of fused-ring (bicyclic) bond motifs is 3. The van der Waals surface area contributed by atoms with Crippen LogP contribution in [0.1, 0.15) is 40.2 Å². The maximum atomic E-state index is 13.6. The second kappa shape index (κ2) is 6.42. The highest BCUT2D eigenvalue weighted by Crippen LogP contribution is 2.47. The van der Waals surface area contributed by atoms with Crippen LogP contribution in [0.5, 0.6) is 0 Å². The van der Waals surface area contributed by atoms with Crippen molar-refractivity contribution >= 4 is 16.9 Å². The molecule has 0 radical (unpaired) electrons. The van der Waals surface area contributed by atoms with Crippen molar-refractivity contribution in [1.82, 2.24) is 19.8 Å². The topological polar surface area (TPSA) is 52.2 Å². The number of hydrogen-bond acceptors (Lipinski definition) is 3. The van der Waals surface area contributed by atoms with Crippen molar-refractivity contribution in [3.63, 3.8) is 0 Å². The first-order chi connectivity index (χ1) is 14.2. The van der Waals surface area contributed by atoms with E-state index in [4.69, 9.17) is 0 Å². The van der Waals surface area contributed by atoms with E-state index in [2.05, 4.69) is 51.0 Å². The number of likely N-dealkylation sites (tertiary alicyclic amines) is 1. The summed E-state index contributed by atoms with van der Waals surface area (Å²) in [5.41, 5.74) is 5.25. The fourth-order valence-corrected chi connectivity index (χ4v) is 6.00. The smallest absolute Gasteiger partial charge is 0.254 e. The van der Waals surface area contributed by atoms with E-state index < -0.39 is 0 Å². The number of amides is 1. The number of carbonyl (C=O) groups excluding carboxylic acids is 1. The first kappa shape index (κ1) is 17.2. The number of carbonyl (C=O) groups is 1. The van der Waals surface area contributed by atoms with Crippen LogP contribution in [-0.2, 0) is 0 Å². The number of imidazole rings is 1. The molecule has 0 spiro atoms. The minimum absolute atomic E-state index is 0.167. The van der Waals surface area contributed by atoms with Gasteiger partial charge in [0, 0.05) is 24.1 Å². The lowest BCUT2D eigenvalue weighted by atomic mass is 9.75. The molecular weight excluding hydrogens is 360 g/mol. The quantitative estimate of drug-likeness (QED) is 0.733. The molecule has 5 heterocycles. The molecule has 5 nitrogen and oxygen atoms in total. The number of aromatic nitrogens is 2. The molecule has 3 atom stereocenters. The molecule has 0 saturated carbocycles. The third kappa shape index (κ3) is 2.64. The number of rotatable bonds is 2. The van der Waals surface area contributed by atoms with Crippen molar-refractivity contribution in [1.29, 1.82) is 0 Å². The summed E-state index contributed by atoms with van der Waals surface area (Å²) in [6, 6.07) is 15.6. The van der Waals surface area contributed by atoms with Crippen molar-refractivity contribution < 1.29 is 4.79 Å². The minimum Gasteiger partial charge on any atom is -0.345 e. The molecule has 7 rings (SSSR count). The highest BCUT2D eigenvalue weighted by atomic mass is 16.2. The van der Waals surface area contributed by atoms with Crippen molar-refractivity contribution in [3.05, 3.63) is 65.5 Å². The maximum absolute atomic E-state index is 13.6. The van der Waals surface area contributed by atoms with Gasteiger partial charge in [-0.05, 0) is 62.5 Å². The van der Waals surface area contributed by atoms with Crippen LogP contribution in [0.3, 0.4) is 0 Å².